The van der Waals surface area contributed by atoms with Crippen LogP contribution in [0.4, 0.5) is 21.0 Å². The Labute approximate surface area is 170 Å². The highest BCUT2D eigenvalue weighted by Crippen LogP contribution is 2.37. The van der Waals surface area contributed by atoms with Gasteiger partial charge in [-0.15, -0.1) is 0 Å². The Balaban J connectivity index is 2.07. The smallest absolute Gasteiger partial charge is 0.240 e. The highest BCUT2D eigenvalue weighted by molar-refractivity contribution is 7.18. The average molecular weight is 414 g/mol. The molecular weight excluding hydrogens is 395 g/mol. The number of carbonyl (C=O) groups excluding carboxylic acids is 2. The van der Waals surface area contributed by atoms with Gasteiger partial charge in [0.25, 0.3) is 0 Å². The number of aromatic nitrogens is 1. The number of amides is 1. The molecule has 1 aromatic heterocycles. The fraction of sp³-hybridized carbons (Fsp3) is 0.150. The quantitative estimate of drug-likeness (QED) is 0.575. The van der Waals surface area contributed by atoms with Crippen LogP contribution in [-0.4, -0.2) is 29.8 Å². The van der Waals surface area contributed by atoms with E-state index >= 15 is 0 Å². The molecule has 1 amide bonds. The molecule has 29 heavy (non-hydrogen) atoms. The highest BCUT2D eigenvalue weighted by Gasteiger charge is 2.28. The molecule has 7 nitrogen and oxygen atoms in total. The summed E-state index contributed by atoms with van der Waals surface area (Å²) >= 11 is 1.01. The molecule has 0 fully saturated rings. The van der Waals surface area contributed by atoms with E-state index in [9.17, 15) is 14.0 Å². The van der Waals surface area contributed by atoms with Gasteiger partial charge in [-0.05, 0) is 19.1 Å². The number of nitrogens with zero attached hydrogens (tertiary/aromatic N) is 2. The van der Waals surface area contributed by atoms with Crippen LogP contribution in [0, 0.1) is 5.82 Å². The lowest BCUT2D eigenvalue weighted by Crippen LogP contribution is -2.40. The molecule has 9 heteroatoms. The number of thiazole rings is 1. The second kappa shape index (κ2) is 8.27. The summed E-state index contributed by atoms with van der Waals surface area (Å²) in [6, 6.07) is 12.0. The second-order valence-corrected chi connectivity index (χ2v) is 7.15. The first-order valence-corrected chi connectivity index (χ1v) is 9.43. The predicted octanol–water partition coefficient (Wildman–Crippen LogP) is 3.12. The normalized spacial score (nSPS) is 11.7. The third kappa shape index (κ3) is 4.04. The minimum absolute atomic E-state index is 0.0227. The van der Waals surface area contributed by atoms with Crippen LogP contribution in [0.25, 0.3) is 0 Å². The summed E-state index contributed by atoms with van der Waals surface area (Å²) in [6.07, 6.45) is 0. The molecule has 0 saturated heterocycles. The topological polar surface area (TPSA) is 112 Å². The Morgan fingerprint density at radius 2 is 1.90 bits per heavy atom. The summed E-state index contributed by atoms with van der Waals surface area (Å²) < 4.78 is 19.2. The van der Waals surface area contributed by atoms with Crippen molar-refractivity contribution in [2.75, 3.05) is 17.7 Å². The van der Waals surface area contributed by atoms with Gasteiger partial charge in [-0.25, -0.2) is 9.37 Å². The number of nitrogens with two attached hydrogens (primary N) is 2. The Morgan fingerprint density at radius 1 is 1.21 bits per heavy atom. The molecule has 0 aliphatic heterocycles. The van der Waals surface area contributed by atoms with Crippen LogP contribution in [0.2, 0.25) is 0 Å². The molecule has 0 saturated carbocycles. The molecule has 0 radical (unpaired) electrons. The zero-order valence-corrected chi connectivity index (χ0v) is 16.6. The summed E-state index contributed by atoms with van der Waals surface area (Å²) in [6.45, 7) is 1.56. The van der Waals surface area contributed by atoms with Gasteiger partial charge in [0.2, 0.25) is 11.7 Å². The first-order valence-electron chi connectivity index (χ1n) is 8.61. The van der Waals surface area contributed by atoms with Crippen molar-refractivity contribution in [1.29, 1.82) is 0 Å². The number of carbonyl (C=O) groups is 2. The number of hydrogen-bond acceptors (Lipinski definition) is 7. The van der Waals surface area contributed by atoms with Crippen molar-refractivity contribution in [3.8, 4) is 5.75 Å². The molecule has 4 N–H and O–H groups in total. The van der Waals surface area contributed by atoms with Gasteiger partial charge in [-0.1, -0.05) is 41.7 Å². The van der Waals surface area contributed by atoms with E-state index < -0.39 is 17.8 Å². The molecule has 0 unspecified atom stereocenters. The van der Waals surface area contributed by atoms with Crippen molar-refractivity contribution in [3.63, 3.8) is 0 Å². The van der Waals surface area contributed by atoms with E-state index in [0.29, 0.717) is 11.3 Å². The SMILES string of the molecule is COc1ccc(N(c2nc(N)c(C(=O)c3ccccc3)s2)[C@H](C)C(N)=O)cc1F. The standard InChI is InChI=1S/C20H19FN4O3S/c1-11(19(23)27)25(13-8-9-15(28-2)14(21)10-13)20-24-18(22)17(29-20)16(26)12-6-4-3-5-7-12/h3-11H,22H2,1-2H3,(H2,23,27)/t11-/m1/s1. The number of halogens is 1. The molecule has 1 heterocycles. The fourth-order valence-corrected chi connectivity index (χ4v) is 3.79. The lowest BCUT2D eigenvalue weighted by molar-refractivity contribution is -0.118. The minimum Gasteiger partial charge on any atom is -0.494 e. The number of benzene rings is 2. The fourth-order valence-electron chi connectivity index (χ4n) is 2.74. The molecule has 1 atom stereocenters. The van der Waals surface area contributed by atoms with Crippen LogP contribution in [-0.2, 0) is 4.79 Å². The largest absolute Gasteiger partial charge is 0.494 e. The van der Waals surface area contributed by atoms with E-state index in [1.54, 1.807) is 43.3 Å². The van der Waals surface area contributed by atoms with Gasteiger partial charge in [0.15, 0.2) is 16.7 Å². The lowest BCUT2D eigenvalue weighted by Gasteiger charge is -2.26. The number of methoxy groups -OCH3 is 1. The summed E-state index contributed by atoms with van der Waals surface area (Å²) in [7, 11) is 1.35. The molecule has 0 aliphatic carbocycles. The van der Waals surface area contributed by atoms with Crippen LogP contribution >= 0.6 is 11.3 Å². The van der Waals surface area contributed by atoms with Gasteiger partial charge in [0, 0.05) is 17.3 Å². The van der Waals surface area contributed by atoms with Gasteiger partial charge in [-0.3, -0.25) is 9.59 Å². The maximum Gasteiger partial charge on any atom is 0.240 e. The number of primary amides is 1. The van der Waals surface area contributed by atoms with Crippen molar-refractivity contribution in [1.82, 2.24) is 4.98 Å². The van der Waals surface area contributed by atoms with Gasteiger partial charge in [0.1, 0.15) is 16.7 Å². The highest BCUT2D eigenvalue weighted by atomic mass is 32.1. The van der Waals surface area contributed by atoms with E-state index in [-0.39, 0.29) is 27.4 Å². The van der Waals surface area contributed by atoms with Crippen molar-refractivity contribution >= 4 is 39.7 Å². The molecular formula is C20H19FN4O3S. The van der Waals surface area contributed by atoms with Crippen molar-refractivity contribution < 1.29 is 18.7 Å². The maximum absolute atomic E-state index is 14.3. The van der Waals surface area contributed by atoms with Gasteiger partial charge < -0.3 is 21.1 Å². The Morgan fingerprint density at radius 3 is 2.48 bits per heavy atom. The molecule has 3 aromatic rings. The summed E-state index contributed by atoms with van der Waals surface area (Å²) in [5.74, 6) is -1.48. The number of ether oxygens (including phenoxy) is 1. The van der Waals surface area contributed by atoms with Crippen molar-refractivity contribution in [2.24, 2.45) is 5.73 Å². The Bertz CT molecular complexity index is 1060. The van der Waals surface area contributed by atoms with Crippen LogP contribution < -0.4 is 21.1 Å². The third-order valence-corrected chi connectivity index (χ3v) is 5.37. The first kappa shape index (κ1) is 20.3. The van der Waals surface area contributed by atoms with Crippen LogP contribution in [0.1, 0.15) is 22.2 Å². The van der Waals surface area contributed by atoms with E-state index in [1.807, 2.05) is 0 Å². The molecule has 0 spiro atoms. The molecule has 0 aliphatic rings. The third-order valence-electron chi connectivity index (χ3n) is 4.30. The van der Waals surface area contributed by atoms with E-state index in [1.165, 1.54) is 24.1 Å². The zero-order valence-electron chi connectivity index (χ0n) is 15.8. The Kier molecular flexibility index (Phi) is 5.79. The van der Waals surface area contributed by atoms with Crippen LogP contribution in [0.5, 0.6) is 5.75 Å². The molecule has 2 aromatic carbocycles. The van der Waals surface area contributed by atoms with E-state index in [2.05, 4.69) is 4.98 Å². The predicted molar refractivity (Wildman–Crippen MR) is 110 cm³/mol. The van der Waals surface area contributed by atoms with E-state index in [0.717, 1.165) is 11.3 Å². The number of anilines is 3. The molecule has 3 rings (SSSR count). The monoisotopic (exact) mass is 414 g/mol. The maximum atomic E-state index is 14.3. The minimum atomic E-state index is -0.868. The molecule has 0 bridgehead atoms. The first-order chi connectivity index (χ1) is 13.8. The Hall–Kier alpha value is -3.46. The lowest BCUT2D eigenvalue weighted by atomic mass is 10.1. The van der Waals surface area contributed by atoms with Gasteiger partial charge >= 0.3 is 0 Å². The van der Waals surface area contributed by atoms with Gasteiger partial charge in [0.05, 0.1) is 7.11 Å². The summed E-state index contributed by atoms with van der Waals surface area (Å²) in [5.41, 5.74) is 12.2. The zero-order chi connectivity index (χ0) is 21.1. The summed E-state index contributed by atoms with van der Waals surface area (Å²) in [4.78, 5) is 30.6. The van der Waals surface area contributed by atoms with Gasteiger partial charge in [-0.2, -0.15) is 0 Å². The van der Waals surface area contributed by atoms with Crippen molar-refractivity contribution in [2.45, 2.75) is 13.0 Å². The molecule has 150 valence electrons. The summed E-state index contributed by atoms with van der Waals surface area (Å²) in [5, 5.41) is 0.248. The number of rotatable bonds is 7. The average Bonchev–Trinajstić information content (AvgIpc) is 3.09. The van der Waals surface area contributed by atoms with Crippen molar-refractivity contribution in [3.05, 3.63) is 64.8 Å². The second-order valence-electron chi connectivity index (χ2n) is 6.17. The number of ketones is 1. The van der Waals surface area contributed by atoms with Crippen LogP contribution in [0.3, 0.4) is 0 Å². The number of hydrogen-bond donors (Lipinski definition) is 2. The number of nitrogen functional groups attached to an aromatic ring is 1. The van der Waals surface area contributed by atoms with E-state index in [4.69, 9.17) is 16.2 Å². The van der Waals surface area contributed by atoms with Crippen LogP contribution in [0.15, 0.2) is 48.5 Å².